The van der Waals surface area contributed by atoms with Crippen LogP contribution in [0.2, 0.25) is 5.02 Å². The van der Waals surface area contributed by atoms with Crippen LogP contribution in [0.15, 0.2) is 29.8 Å². The number of nitrogen functional groups attached to an aromatic ring is 1. The Morgan fingerprint density at radius 3 is 2.88 bits per heavy atom. The zero-order valence-corrected chi connectivity index (χ0v) is 10.6. The van der Waals surface area contributed by atoms with Crippen molar-refractivity contribution in [2.24, 2.45) is 5.84 Å². The minimum absolute atomic E-state index is 0.0570. The maximum atomic E-state index is 5.93. The average Bonchev–Trinajstić information content (AvgIpc) is 2.79. The topological polar surface area (TPSA) is 77.0 Å². The van der Waals surface area contributed by atoms with E-state index in [0.717, 1.165) is 10.6 Å². The van der Waals surface area contributed by atoms with Gasteiger partial charge >= 0.3 is 0 Å². The molecule has 0 aliphatic heterocycles. The summed E-state index contributed by atoms with van der Waals surface area (Å²) < 4.78 is 0. The second-order valence-corrected chi connectivity index (χ2v) is 5.04. The lowest BCUT2D eigenvalue weighted by atomic mass is 10.0. The van der Waals surface area contributed by atoms with Gasteiger partial charge in [-0.2, -0.15) is 0 Å². The second-order valence-electron chi connectivity index (χ2n) is 3.62. The van der Waals surface area contributed by atoms with Gasteiger partial charge in [0.25, 0.3) is 0 Å². The molecule has 1 aromatic carbocycles. The molecule has 0 fully saturated rings. The molecule has 0 radical (unpaired) electrons. The summed E-state index contributed by atoms with van der Waals surface area (Å²) in [5.41, 5.74) is 10.3. The molecule has 1 atom stereocenters. The van der Waals surface area contributed by atoms with Crippen molar-refractivity contribution in [3.63, 3.8) is 0 Å². The van der Waals surface area contributed by atoms with Gasteiger partial charge in [-0.3, -0.25) is 11.3 Å². The fraction of sp³-hybridized carbons (Fsp3) is 0.182. The van der Waals surface area contributed by atoms with E-state index in [-0.39, 0.29) is 6.04 Å². The Labute approximate surface area is 109 Å². The number of rotatable bonds is 4. The predicted molar refractivity (Wildman–Crippen MR) is 71.7 cm³/mol. The first-order valence-corrected chi connectivity index (χ1v) is 6.36. The molecular weight excluding hydrogens is 256 g/mol. The number of aromatic nitrogens is 1. The lowest BCUT2D eigenvalue weighted by molar-refractivity contribution is 0.552. The van der Waals surface area contributed by atoms with Crippen molar-refractivity contribution in [2.75, 3.05) is 5.73 Å². The van der Waals surface area contributed by atoms with Crippen LogP contribution < -0.4 is 17.0 Å². The van der Waals surface area contributed by atoms with Gasteiger partial charge in [0.15, 0.2) is 0 Å². The van der Waals surface area contributed by atoms with Crippen LogP contribution in [-0.4, -0.2) is 4.98 Å². The molecule has 2 aromatic rings. The Morgan fingerprint density at radius 1 is 1.47 bits per heavy atom. The molecular formula is C11H13ClN4S. The molecule has 6 heteroatoms. The van der Waals surface area contributed by atoms with Gasteiger partial charge in [0.1, 0.15) is 0 Å². The van der Waals surface area contributed by atoms with E-state index in [2.05, 4.69) is 10.4 Å². The number of hydrazine groups is 1. The zero-order chi connectivity index (χ0) is 12.3. The summed E-state index contributed by atoms with van der Waals surface area (Å²) >= 11 is 7.46. The summed E-state index contributed by atoms with van der Waals surface area (Å²) in [6.07, 6.45) is 2.48. The third-order valence-corrected chi connectivity index (χ3v) is 3.52. The molecule has 0 bridgehead atoms. The number of halogens is 1. The average molecular weight is 269 g/mol. The summed E-state index contributed by atoms with van der Waals surface area (Å²) in [5.74, 6) is 5.57. The molecule has 0 saturated heterocycles. The number of nitrogens with two attached hydrogens (primary N) is 2. The van der Waals surface area contributed by atoms with E-state index in [0.29, 0.717) is 17.1 Å². The van der Waals surface area contributed by atoms with Crippen molar-refractivity contribution in [1.29, 1.82) is 0 Å². The van der Waals surface area contributed by atoms with Gasteiger partial charge in [-0.15, -0.1) is 11.3 Å². The highest BCUT2D eigenvalue weighted by Gasteiger charge is 2.14. The minimum atomic E-state index is -0.0570. The maximum absolute atomic E-state index is 5.93. The Balaban J connectivity index is 2.23. The van der Waals surface area contributed by atoms with Gasteiger partial charge in [0.2, 0.25) is 0 Å². The third kappa shape index (κ3) is 2.95. The molecule has 0 saturated carbocycles. The van der Waals surface area contributed by atoms with E-state index in [1.165, 1.54) is 0 Å². The standard InChI is InChI=1S/C11H13ClN4S/c12-7-1-2-8(9(13)5-7)10(16-14)6-11-15-3-4-17-11/h1-5,10,16H,6,13-14H2. The largest absolute Gasteiger partial charge is 0.398 e. The molecule has 0 amide bonds. The number of hydrogen-bond acceptors (Lipinski definition) is 5. The van der Waals surface area contributed by atoms with E-state index in [4.69, 9.17) is 23.2 Å². The molecule has 1 aromatic heterocycles. The van der Waals surface area contributed by atoms with Crippen molar-refractivity contribution < 1.29 is 0 Å². The molecule has 1 unspecified atom stereocenters. The monoisotopic (exact) mass is 268 g/mol. The Hall–Kier alpha value is -1.14. The van der Waals surface area contributed by atoms with Gasteiger partial charge < -0.3 is 5.73 Å². The van der Waals surface area contributed by atoms with E-state index in [1.54, 1.807) is 29.7 Å². The number of anilines is 1. The Kier molecular flexibility index (Phi) is 3.96. The smallest absolute Gasteiger partial charge is 0.0944 e. The molecule has 0 aliphatic carbocycles. The molecule has 0 spiro atoms. The lowest BCUT2D eigenvalue weighted by Gasteiger charge is -2.17. The summed E-state index contributed by atoms with van der Waals surface area (Å²) in [4.78, 5) is 4.23. The van der Waals surface area contributed by atoms with E-state index >= 15 is 0 Å². The van der Waals surface area contributed by atoms with Crippen molar-refractivity contribution >= 4 is 28.6 Å². The van der Waals surface area contributed by atoms with Crippen molar-refractivity contribution in [3.8, 4) is 0 Å². The van der Waals surface area contributed by atoms with Gasteiger partial charge in [-0.05, 0) is 17.7 Å². The normalized spacial score (nSPS) is 12.6. The van der Waals surface area contributed by atoms with Crippen LogP contribution in [0.25, 0.3) is 0 Å². The first kappa shape index (κ1) is 12.3. The van der Waals surface area contributed by atoms with Gasteiger partial charge in [-0.25, -0.2) is 4.98 Å². The van der Waals surface area contributed by atoms with Crippen LogP contribution >= 0.6 is 22.9 Å². The van der Waals surface area contributed by atoms with Crippen molar-refractivity contribution in [1.82, 2.24) is 10.4 Å². The highest BCUT2D eigenvalue weighted by atomic mass is 35.5. The molecule has 17 heavy (non-hydrogen) atoms. The number of hydrogen-bond donors (Lipinski definition) is 3. The van der Waals surface area contributed by atoms with Gasteiger partial charge in [-0.1, -0.05) is 17.7 Å². The summed E-state index contributed by atoms with van der Waals surface area (Å²) in [5, 5.41) is 3.58. The van der Waals surface area contributed by atoms with Crippen molar-refractivity contribution in [3.05, 3.63) is 45.4 Å². The highest BCUT2D eigenvalue weighted by Crippen LogP contribution is 2.26. The molecule has 0 aliphatic rings. The summed E-state index contributed by atoms with van der Waals surface area (Å²) in [7, 11) is 0. The first-order chi connectivity index (χ1) is 8.20. The molecule has 4 nitrogen and oxygen atoms in total. The number of nitrogens with zero attached hydrogens (tertiary/aromatic N) is 1. The van der Waals surface area contributed by atoms with E-state index in [1.807, 2.05) is 11.4 Å². The SMILES string of the molecule is NNC(Cc1nccs1)c1ccc(Cl)cc1N. The van der Waals surface area contributed by atoms with Crippen LogP contribution in [0.3, 0.4) is 0 Å². The second kappa shape index (κ2) is 5.46. The van der Waals surface area contributed by atoms with Crippen LogP contribution in [0, 0.1) is 0 Å². The lowest BCUT2D eigenvalue weighted by Crippen LogP contribution is -2.30. The third-order valence-electron chi connectivity index (χ3n) is 2.49. The van der Waals surface area contributed by atoms with Crippen LogP contribution in [0.4, 0.5) is 5.69 Å². The van der Waals surface area contributed by atoms with Gasteiger partial charge in [0, 0.05) is 28.7 Å². The first-order valence-electron chi connectivity index (χ1n) is 5.10. The number of nitrogens with one attached hydrogen (secondary N) is 1. The Bertz CT molecular complexity index is 486. The molecule has 90 valence electrons. The summed E-state index contributed by atoms with van der Waals surface area (Å²) in [6.45, 7) is 0. The van der Waals surface area contributed by atoms with Crippen LogP contribution in [0.1, 0.15) is 16.6 Å². The minimum Gasteiger partial charge on any atom is -0.398 e. The quantitative estimate of drug-likeness (QED) is 0.451. The number of benzene rings is 1. The van der Waals surface area contributed by atoms with E-state index in [9.17, 15) is 0 Å². The van der Waals surface area contributed by atoms with Crippen LogP contribution in [0.5, 0.6) is 0 Å². The summed E-state index contributed by atoms with van der Waals surface area (Å²) in [6, 6.07) is 5.36. The fourth-order valence-electron chi connectivity index (χ4n) is 1.65. The van der Waals surface area contributed by atoms with Crippen LogP contribution in [-0.2, 0) is 6.42 Å². The van der Waals surface area contributed by atoms with Crippen molar-refractivity contribution in [2.45, 2.75) is 12.5 Å². The fourth-order valence-corrected chi connectivity index (χ4v) is 2.49. The van der Waals surface area contributed by atoms with E-state index < -0.39 is 0 Å². The molecule has 5 N–H and O–H groups in total. The maximum Gasteiger partial charge on any atom is 0.0944 e. The molecule has 2 rings (SSSR count). The number of thiazole rings is 1. The highest BCUT2D eigenvalue weighted by molar-refractivity contribution is 7.09. The molecule has 1 heterocycles. The Morgan fingerprint density at radius 2 is 2.29 bits per heavy atom. The zero-order valence-electron chi connectivity index (χ0n) is 9.06. The predicted octanol–water partition coefficient (Wildman–Crippen LogP) is 2.13. The van der Waals surface area contributed by atoms with Gasteiger partial charge in [0.05, 0.1) is 11.0 Å².